The quantitative estimate of drug-likeness (QED) is 0.844. The first-order valence-electron chi connectivity index (χ1n) is 6.57. The van der Waals surface area contributed by atoms with Gasteiger partial charge in [-0.3, -0.25) is 4.79 Å². The fourth-order valence-electron chi connectivity index (χ4n) is 2.54. The molecule has 0 saturated carbocycles. The topological polar surface area (TPSA) is 81.6 Å². The molecule has 1 amide bonds. The van der Waals surface area contributed by atoms with E-state index in [0.29, 0.717) is 6.54 Å². The zero-order valence-corrected chi connectivity index (χ0v) is 11.3. The molecule has 1 aliphatic heterocycles. The Bertz CT molecular complexity index is 454. The Labute approximate surface area is 113 Å². The standard InChI is InChI=1S/C14H21N3O2/c1-19-12-3-2-11(9-15)13(8-12)17-6-4-10(5-7-17)14(16)18/h2-3,8,10H,4-7,9,15H2,1H3,(H2,16,18). The smallest absolute Gasteiger partial charge is 0.220 e. The van der Waals surface area contributed by atoms with Crippen LogP contribution in [-0.2, 0) is 11.3 Å². The summed E-state index contributed by atoms with van der Waals surface area (Å²) in [5.41, 5.74) is 13.3. The summed E-state index contributed by atoms with van der Waals surface area (Å²) >= 11 is 0. The number of rotatable bonds is 4. The van der Waals surface area contributed by atoms with Crippen LogP contribution in [0.5, 0.6) is 5.75 Å². The molecule has 0 radical (unpaired) electrons. The molecule has 0 aliphatic carbocycles. The highest BCUT2D eigenvalue weighted by molar-refractivity contribution is 5.77. The molecular formula is C14H21N3O2. The van der Waals surface area contributed by atoms with Crippen molar-refractivity contribution in [2.24, 2.45) is 17.4 Å². The lowest BCUT2D eigenvalue weighted by Crippen LogP contribution is -2.39. The van der Waals surface area contributed by atoms with Gasteiger partial charge in [0.25, 0.3) is 0 Å². The van der Waals surface area contributed by atoms with Crippen LogP contribution in [0.1, 0.15) is 18.4 Å². The Hall–Kier alpha value is -1.75. The molecule has 1 aliphatic rings. The molecule has 1 saturated heterocycles. The Kier molecular flexibility index (Phi) is 4.27. The van der Waals surface area contributed by atoms with Crippen molar-refractivity contribution in [2.75, 3.05) is 25.1 Å². The van der Waals surface area contributed by atoms with E-state index < -0.39 is 0 Å². The second-order valence-electron chi connectivity index (χ2n) is 4.86. The third-order valence-corrected chi connectivity index (χ3v) is 3.75. The van der Waals surface area contributed by atoms with Gasteiger partial charge in [0.2, 0.25) is 5.91 Å². The minimum atomic E-state index is -0.190. The molecule has 0 aromatic heterocycles. The highest BCUT2D eigenvalue weighted by atomic mass is 16.5. The number of anilines is 1. The minimum Gasteiger partial charge on any atom is -0.497 e. The summed E-state index contributed by atoms with van der Waals surface area (Å²) in [6.45, 7) is 2.15. The van der Waals surface area contributed by atoms with Crippen LogP contribution in [0.25, 0.3) is 0 Å². The van der Waals surface area contributed by atoms with Crippen LogP contribution >= 0.6 is 0 Å². The molecule has 1 aromatic carbocycles. The molecule has 19 heavy (non-hydrogen) atoms. The second kappa shape index (κ2) is 5.93. The maximum atomic E-state index is 11.2. The molecule has 1 aromatic rings. The van der Waals surface area contributed by atoms with Gasteiger partial charge in [-0.1, -0.05) is 6.07 Å². The number of carbonyl (C=O) groups excluding carboxylic acids is 1. The molecule has 5 nitrogen and oxygen atoms in total. The van der Waals surface area contributed by atoms with Gasteiger partial charge in [-0.25, -0.2) is 0 Å². The molecule has 0 atom stereocenters. The maximum absolute atomic E-state index is 11.2. The van der Waals surface area contributed by atoms with Crippen LogP contribution in [-0.4, -0.2) is 26.1 Å². The predicted molar refractivity (Wildman–Crippen MR) is 75.0 cm³/mol. The van der Waals surface area contributed by atoms with Gasteiger partial charge < -0.3 is 21.1 Å². The zero-order chi connectivity index (χ0) is 13.8. The van der Waals surface area contributed by atoms with Gasteiger partial charge in [-0.2, -0.15) is 0 Å². The molecule has 1 heterocycles. The summed E-state index contributed by atoms with van der Waals surface area (Å²) in [5.74, 6) is 0.636. The van der Waals surface area contributed by atoms with E-state index in [4.69, 9.17) is 16.2 Å². The number of primary amides is 1. The van der Waals surface area contributed by atoms with Gasteiger partial charge in [-0.15, -0.1) is 0 Å². The fourth-order valence-corrected chi connectivity index (χ4v) is 2.54. The van der Waals surface area contributed by atoms with Crippen LogP contribution in [0.2, 0.25) is 0 Å². The van der Waals surface area contributed by atoms with E-state index in [-0.39, 0.29) is 11.8 Å². The Morgan fingerprint density at radius 1 is 1.42 bits per heavy atom. The lowest BCUT2D eigenvalue weighted by atomic mass is 9.95. The van der Waals surface area contributed by atoms with Crippen LogP contribution in [0.4, 0.5) is 5.69 Å². The molecule has 5 heteroatoms. The largest absolute Gasteiger partial charge is 0.497 e. The van der Waals surface area contributed by atoms with Crippen LogP contribution in [0.15, 0.2) is 18.2 Å². The SMILES string of the molecule is COc1ccc(CN)c(N2CCC(C(N)=O)CC2)c1. The van der Waals surface area contributed by atoms with E-state index in [9.17, 15) is 4.79 Å². The normalized spacial score (nSPS) is 16.4. The van der Waals surface area contributed by atoms with Crippen LogP contribution in [0, 0.1) is 5.92 Å². The lowest BCUT2D eigenvalue weighted by molar-refractivity contribution is -0.122. The third kappa shape index (κ3) is 2.98. The number of amides is 1. The molecule has 0 spiro atoms. The van der Waals surface area contributed by atoms with Crippen molar-refractivity contribution in [1.29, 1.82) is 0 Å². The number of carbonyl (C=O) groups is 1. The summed E-state index contributed by atoms with van der Waals surface area (Å²) in [7, 11) is 1.65. The number of hydrogen-bond donors (Lipinski definition) is 2. The van der Waals surface area contributed by atoms with Gasteiger partial charge in [-0.05, 0) is 24.5 Å². The van der Waals surface area contributed by atoms with Crippen molar-refractivity contribution in [2.45, 2.75) is 19.4 Å². The van der Waals surface area contributed by atoms with E-state index >= 15 is 0 Å². The summed E-state index contributed by atoms with van der Waals surface area (Å²) in [5, 5.41) is 0. The Morgan fingerprint density at radius 3 is 2.63 bits per heavy atom. The van der Waals surface area contributed by atoms with E-state index in [0.717, 1.165) is 42.9 Å². The second-order valence-corrected chi connectivity index (χ2v) is 4.86. The van der Waals surface area contributed by atoms with Gasteiger partial charge in [0.1, 0.15) is 5.75 Å². The lowest BCUT2D eigenvalue weighted by Gasteiger charge is -2.33. The van der Waals surface area contributed by atoms with E-state index in [1.807, 2.05) is 18.2 Å². The number of nitrogens with two attached hydrogens (primary N) is 2. The molecule has 2 rings (SSSR count). The van der Waals surface area contributed by atoms with E-state index in [1.54, 1.807) is 7.11 Å². The van der Waals surface area contributed by atoms with Crippen molar-refractivity contribution in [3.63, 3.8) is 0 Å². The first-order valence-corrected chi connectivity index (χ1v) is 6.57. The Balaban J connectivity index is 2.16. The van der Waals surface area contributed by atoms with Gasteiger partial charge in [0.15, 0.2) is 0 Å². The summed E-state index contributed by atoms with van der Waals surface area (Å²) < 4.78 is 5.26. The number of ether oxygens (including phenoxy) is 1. The highest BCUT2D eigenvalue weighted by Crippen LogP contribution is 2.29. The molecule has 1 fully saturated rings. The average Bonchev–Trinajstić information content (AvgIpc) is 2.46. The number of hydrogen-bond acceptors (Lipinski definition) is 4. The van der Waals surface area contributed by atoms with E-state index in [1.165, 1.54) is 0 Å². The van der Waals surface area contributed by atoms with Gasteiger partial charge in [0, 0.05) is 37.3 Å². The van der Waals surface area contributed by atoms with Crippen LogP contribution in [0.3, 0.4) is 0 Å². The minimum absolute atomic E-state index is 0.00295. The number of nitrogens with zero attached hydrogens (tertiary/aromatic N) is 1. The van der Waals surface area contributed by atoms with Crippen molar-refractivity contribution in [3.8, 4) is 5.75 Å². The van der Waals surface area contributed by atoms with Crippen molar-refractivity contribution >= 4 is 11.6 Å². The van der Waals surface area contributed by atoms with Gasteiger partial charge in [0.05, 0.1) is 7.11 Å². The number of methoxy groups -OCH3 is 1. The average molecular weight is 263 g/mol. The monoisotopic (exact) mass is 263 g/mol. The number of benzene rings is 1. The first kappa shape index (κ1) is 13.7. The highest BCUT2D eigenvalue weighted by Gasteiger charge is 2.24. The molecule has 0 bridgehead atoms. The summed E-state index contributed by atoms with van der Waals surface area (Å²) in [6.07, 6.45) is 1.60. The number of piperidine rings is 1. The molecular weight excluding hydrogens is 242 g/mol. The summed E-state index contributed by atoms with van der Waals surface area (Å²) in [6, 6.07) is 5.92. The maximum Gasteiger partial charge on any atom is 0.220 e. The summed E-state index contributed by atoms with van der Waals surface area (Å²) in [4.78, 5) is 13.4. The molecule has 4 N–H and O–H groups in total. The van der Waals surface area contributed by atoms with E-state index in [2.05, 4.69) is 4.90 Å². The molecule has 104 valence electrons. The fraction of sp³-hybridized carbons (Fsp3) is 0.500. The predicted octanol–water partition coefficient (Wildman–Crippen LogP) is 0.856. The first-order chi connectivity index (χ1) is 9.15. The van der Waals surface area contributed by atoms with Crippen molar-refractivity contribution < 1.29 is 9.53 Å². The van der Waals surface area contributed by atoms with Crippen LogP contribution < -0.4 is 21.1 Å². The third-order valence-electron chi connectivity index (χ3n) is 3.75. The van der Waals surface area contributed by atoms with Crippen molar-refractivity contribution in [3.05, 3.63) is 23.8 Å². The molecule has 0 unspecified atom stereocenters. The zero-order valence-electron chi connectivity index (χ0n) is 11.3. The van der Waals surface area contributed by atoms with Gasteiger partial charge >= 0.3 is 0 Å². The van der Waals surface area contributed by atoms with Crippen molar-refractivity contribution in [1.82, 2.24) is 0 Å². The Morgan fingerprint density at radius 2 is 2.11 bits per heavy atom.